The van der Waals surface area contributed by atoms with Crippen LogP contribution in [0.5, 0.6) is 0 Å². The molecule has 1 aromatic rings. The number of hydrogen-bond acceptors (Lipinski definition) is 2. The summed E-state index contributed by atoms with van der Waals surface area (Å²) in [5.74, 6) is 1.63. The first-order valence-electron chi connectivity index (χ1n) is 8.40. The summed E-state index contributed by atoms with van der Waals surface area (Å²) in [5.41, 5.74) is 2.76. The minimum absolute atomic E-state index is 0.479. The third kappa shape index (κ3) is 4.46. The molecule has 1 aliphatic rings. The Morgan fingerprint density at radius 1 is 1.36 bits per heavy atom. The summed E-state index contributed by atoms with van der Waals surface area (Å²) in [6.07, 6.45) is 7.19. The number of nitrogens with one attached hydrogen (secondary N) is 2. The molecule has 4 nitrogen and oxygen atoms in total. The van der Waals surface area contributed by atoms with Crippen molar-refractivity contribution in [2.45, 2.75) is 53.0 Å². The second-order valence-corrected chi connectivity index (χ2v) is 7.00. The van der Waals surface area contributed by atoms with E-state index in [2.05, 4.69) is 47.4 Å². The number of aromatic nitrogens is 1. The van der Waals surface area contributed by atoms with Gasteiger partial charge in [-0.15, -0.1) is 0 Å². The van der Waals surface area contributed by atoms with Crippen LogP contribution in [0.4, 0.5) is 0 Å². The molecule has 0 saturated heterocycles. The molecule has 1 aliphatic carbocycles. The Kier molecular flexibility index (Phi) is 5.81. The van der Waals surface area contributed by atoms with E-state index < -0.39 is 0 Å². The van der Waals surface area contributed by atoms with Crippen LogP contribution >= 0.6 is 0 Å². The van der Waals surface area contributed by atoms with Crippen LogP contribution < -0.4 is 10.6 Å². The first-order valence-corrected chi connectivity index (χ1v) is 8.40. The second-order valence-electron chi connectivity index (χ2n) is 7.00. The largest absolute Gasteiger partial charge is 0.356 e. The molecule has 4 heteroatoms. The predicted molar refractivity (Wildman–Crippen MR) is 92.9 cm³/mol. The SMILES string of the molecule is CN=C(NCc1ncccc1C)NCC1(CC(C)C)CCC1. The molecule has 122 valence electrons. The van der Waals surface area contributed by atoms with Gasteiger partial charge in [-0.2, -0.15) is 0 Å². The fraction of sp³-hybridized carbons (Fsp3) is 0.667. The molecule has 0 atom stereocenters. The Balaban J connectivity index is 1.84. The van der Waals surface area contributed by atoms with E-state index in [1.807, 2.05) is 19.3 Å². The standard InChI is InChI=1S/C18H30N4/c1-14(2)11-18(8-6-9-18)13-22-17(19-4)21-12-16-15(3)7-5-10-20-16/h5,7,10,14H,6,8-9,11-13H2,1-4H3,(H2,19,21,22). The highest BCUT2D eigenvalue weighted by Gasteiger charge is 2.37. The Bertz CT molecular complexity index is 504. The molecule has 1 aromatic heterocycles. The van der Waals surface area contributed by atoms with Crippen LogP contribution in [-0.4, -0.2) is 24.5 Å². The van der Waals surface area contributed by atoms with Gasteiger partial charge in [0.2, 0.25) is 0 Å². The minimum Gasteiger partial charge on any atom is -0.356 e. The smallest absolute Gasteiger partial charge is 0.191 e. The summed E-state index contributed by atoms with van der Waals surface area (Å²) in [5, 5.41) is 6.90. The Morgan fingerprint density at radius 2 is 2.14 bits per heavy atom. The van der Waals surface area contributed by atoms with Crippen molar-refractivity contribution in [3.05, 3.63) is 29.6 Å². The average molecular weight is 302 g/mol. The van der Waals surface area contributed by atoms with Gasteiger partial charge >= 0.3 is 0 Å². The molecule has 0 amide bonds. The summed E-state index contributed by atoms with van der Waals surface area (Å²) in [6, 6.07) is 4.06. The molecular weight excluding hydrogens is 272 g/mol. The molecule has 1 saturated carbocycles. The highest BCUT2D eigenvalue weighted by molar-refractivity contribution is 5.79. The molecule has 0 aliphatic heterocycles. The maximum Gasteiger partial charge on any atom is 0.191 e. The van der Waals surface area contributed by atoms with Crippen molar-refractivity contribution >= 4 is 5.96 Å². The van der Waals surface area contributed by atoms with Gasteiger partial charge in [0.05, 0.1) is 12.2 Å². The zero-order valence-electron chi connectivity index (χ0n) is 14.4. The lowest BCUT2D eigenvalue weighted by molar-refractivity contribution is 0.104. The van der Waals surface area contributed by atoms with Gasteiger partial charge in [0.1, 0.15) is 0 Å². The number of hydrogen-bond donors (Lipinski definition) is 2. The normalized spacial score (nSPS) is 17.2. The second kappa shape index (κ2) is 7.61. The van der Waals surface area contributed by atoms with E-state index >= 15 is 0 Å². The lowest BCUT2D eigenvalue weighted by Crippen LogP contribution is -2.46. The first-order chi connectivity index (χ1) is 10.5. The Hall–Kier alpha value is -1.58. The minimum atomic E-state index is 0.479. The lowest BCUT2D eigenvalue weighted by Gasteiger charge is -2.43. The number of pyridine rings is 1. The molecule has 0 bridgehead atoms. The van der Waals surface area contributed by atoms with E-state index in [1.54, 1.807) is 0 Å². The van der Waals surface area contributed by atoms with Crippen molar-refractivity contribution in [2.75, 3.05) is 13.6 Å². The molecule has 0 unspecified atom stereocenters. The fourth-order valence-electron chi connectivity index (χ4n) is 3.36. The van der Waals surface area contributed by atoms with E-state index in [1.165, 1.54) is 31.2 Å². The highest BCUT2D eigenvalue weighted by atomic mass is 15.2. The molecule has 1 fully saturated rings. The van der Waals surface area contributed by atoms with Gasteiger partial charge in [0.25, 0.3) is 0 Å². The molecule has 0 radical (unpaired) electrons. The summed E-state index contributed by atoms with van der Waals surface area (Å²) in [6.45, 7) is 8.45. The Labute approximate surface area is 134 Å². The zero-order chi connectivity index (χ0) is 16.0. The molecule has 22 heavy (non-hydrogen) atoms. The predicted octanol–water partition coefficient (Wildman–Crippen LogP) is 3.27. The van der Waals surface area contributed by atoms with Crippen LogP contribution in [-0.2, 0) is 6.54 Å². The van der Waals surface area contributed by atoms with Crippen LogP contribution in [0.25, 0.3) is 0 Å². The van der Waals surface area contributed by atoms with Crippen LogP contribution in [0, 0.1) is 18.3 Å². The van der Waals surface area contributed by atoms with Crippen molar-refractivity contribution in [2.24, 2.45) is 16.3 Å². The average Bonchev–Trinajstić information content (AvgIpc) is 2.45. The molecule has 2 N–H and O–H groups in total. The number of rotatable bonds is 6. The van der Waals surface area contributed by atoms with Crippen molar-refractivity contribution in [1.29, 1.82) is 0 Å². The topological polar surface area (TPSA) is 49.3 Å². The van der Waals surface area contributed by atoms with Gasteiger partial charge in [-0.05, 0) is 49.1 Å². The monoisotopic (exact) mass is 302 g/mol. The molecular formula is C18H30N4. The van der Waals surface area contributed by atoms with E-state index in [0.717, 1.165) is 24.1 Å². The van der Waals surface area contributed by atoms with Crippen LogP contribution in [0.2, 0.25) is 0 Å². The molecule has 0 spiro atoms. The number of guanidine groups is 1. The van der Waals surface area contributed by atoms with Crippen LogP contribution in [0.1, 0.15) is 50.8 Å². The van der Waals surface area contributed by atoms with Gasteiger partial charge in [-0.1, -0.05) is 26.3 Å². The van der Waals surface area contributed by atoms with Crippen molar-refractivity contribution in [3.8, 4) is 0 Å². The fourth-order valence-corrected chi connectivity index (χ4v) is 3.36. The highest BCUT2D eigenvalue weighted by Crippen LogP contribution is 2.45. The maximum atomic E-state index is 4.41. The number of nitrogens with zero attached hydrogens (tertiary/aromatic N) is 2. The van der Waals surface area contributed by atoms with E-state index in [4.69, 9.17) is 0 Å². The maximum absolute atomic E-state index is 4.41. The molecule has 0 aromatic carbocycles. The quantitative estimate of drug-likeness (QED) is 0.626. The van der Waals surface area contributed by atoms with Crippen molar-refractivity contribution in [1.82, 2.24) is 15.6 Å². The van der Waals surface area contributed by atoms with Crippen molar-refractivity contribution in [3.63, 3.8) is 0 Å². The summed E-state index contributed by atoms with van der Waals surface area (Å²) >= 11 is 0. The zero-order valence-corrected chi connectivity index (χ0v) is 14.4. The number of aliphatic imine (C=N–C) groups is 1. The van der Waals surface area contributed by atoms with Gasteiger partial charge in [-0.25, -0.2) is 0 Å². The summed E-state index contributed by atoms with van der Waals surface area (Å²) < 4.78 is 0. The third-order valence-electron chi connectivity index (χ3n) is 4.65. The van der Waals surface area contributed by atoms with Gasteiger partial charge in [-0.3, -0.25) is 9.98 Å². The van der Waals surface area contributed by atoms with E-state index in [-0.39, 0.29) is 0 Å². The van der Waals surface area contributed by atoms with E-state index in [0.29, 0.717) is 12.0 Å². The first kappa shape index (κ1) is 16.8. The van der Waals surface area contributed by atoms with Crippen LogP contribution in [0.3, 0.4) is 0 Å². The van der Waals surface area contributed by atoms with E-state index in [9.17, 15) is 0 Å². The molecule has 1 heterocycles. The van der Waals surface area contributed by atoms with Crippen molar-refractivity contribution < 1.29 is 0 Å². The summed E-state index contributed by atoms with van der Waals surface area (Å²) in [4.78, 5) is 8.75. The lowest BCUT2D eigenvalue weighted by atomic mass is 9.64. The molecule has 2 rings (SSSR count). The van der Waals surface area contributed by atoms with Gasteiger partial charge in [0.15, 0.2) is 5.96 Å². The van der Waals surface area contributed by atoms with Crippen LogP contribution in [0.15, 0.2) is 23.3 Å². The third-order valence-corrected chi connectivity index (χ3v) is 4.65. The van der Waals surface area contributed by atoms with Gasteiger partial charge < -0.3 is 10.6 Å². The Morgan fingerprint density at radius 3 is 2.68 bits per heavy atom. The number of aryl methyl sites for hydroxylation is 1. The summed E-state index contributed by atoms with van der Waals surface area (Å²) in [7, 11) is 1.83. The van der Waals surface area contributed by atoms with Gasteiger partial charge in [0, 0.05) is 19.8 Å².